The third-order valence-corrected chi connectivity index (χ3v) is 3.19. The highest BCUT2D eigenvalue weighted by molar-refractivity contribution is 6.32. The summed E-state index contributed by atoms with van der Waals surface area (Å²) in [6.07, 6.45) is 7.70. The summed E-state index contributed by atoms with van der Waals surface area (Å²) in [6, 6.07) is 0. The van der Waals surface area contributed by atoms with Crippen molar-refractivity contribution in [3.05, 3.63) is 21.6 Å². The highest BCUT2D eigenvalue weighted by atomic mass is 35.5. The Morgan fingerprint density at radius 3 is 2.78 bits per heavy atom. The van der Waals surface area contributed by atoms with Crippen molar-refractivity contribution in [3.63, 3.8) is 0 Å². The quantitative estimate of drug-likeness (QED) is 0.712. The minimum Gasteiger partial charge on any atom is -0.382 e. The fraction of sp³-hybridized carbons (Fsp3) is 0.692. The molecule has 102 valence electrons. The summed E-state index contributed by atoms with van der Waals surface area (Å²) in [7, 11) is 0. The molecule has 4 nitrogen and oxygen atoms in total. The van der Waals surface area contributed by atoms with Gasteiger partial charge in [-0.05, 0) is 12.3 Å². The molecule has 0 aliphatic rings. The van der Waals surface area contributed by atoms with Gasteiger partial charge in [0.2, 0.25) is 0 Å². The van der Waals surface area contributed by atoms with Gasteiger partial charge < -0.3 is 5.32 Å². The molecule has 0 unspecified atom stereocenters. The van der Waals surface area contributed by atoms with E-state index in [9.17, 15) is 4.79 Å². The Morgan fingerprint density at radius 2 is 2.06 bits per heavy atom. The van der Waals surface area contributed by atoms with Crippen LogP contribution in [0.1, 0.15) is 46.0 Å². The zero-order chi connectivity index (χ0) is 13.4. The molecule has 0 fully saturated rings. The van der Waals surface area contributed by atoms with E-state index in [1.807, 2.05) is 0 Å². The van der Waals surface area contributed by atoms with Crippen molar-refractivity contribution in [1.29, 1.82) is 0 Å². The molecule has 0 aliphatic heterocycles. The minimum absolute atomic E-state index is 0.185. The van der Waals surface area contributed by atoms with Crippen LogP contribution < -0.4 is 10.9 Å². The molecule has 1 rings (SSSR count). The molecule has 0 saturated heterocycles. The molecule has 0 aromatic carbocycles. The molecule has 2 N–H and O–H groups in total. The van der Waals surface area contributed by atoms with Gasteiger partial charge in [0.05, 0.1) is 11.9 Å². The zero-order valence-corrected chi connectivity index (χ0v) is 11.9. The van der Waals surface area contributed by atoms with E-state index >= 15 is 0 Å². The molecular weight excluding hydrogens is 250 g/mol. The molecule has 18 heavy (non-hydrogen) atoms. The van der Waals surface area contributed by atoms with Crippen LogP contribution in [-0.2, 0) is 0 Å². The fourth-order valence-corrected chi connectivity index (χ4v) is 1.92. The number of hydrogen-bond acceptors (Lipinski definition) is 3. The lowest BCUT2D eigenvalue weighted by Crippen LogP contribution is -2.12. The van der Waals surface area contributed by atoms with Crippen molar-refractivity contribution in [2.75, 3.05) is 11.9 Å². The first-order valence-corrected chi connectivity index (χ1v) is 6.96. The number of H-pyrrole nitrogens is 1. The van der Waals surface area contributed by atoms with E-state index in [4.69, 9.17) is 11.6 Å². The average molecular weight is 272 g/mol. The topological polar surface area (TPSA) is 57.8 Å². The van der Waals surface area contributed by atoms with Crippen LogP contribution in [0.5, 0.6) is 0 Å². The smallest absolute Gasteiger partial charge is 0.285 e. The van der Waals surface area contributed by atoms with Crippen molar-refractivity contribution < 1.29 is 0 Å². The number of aromatic amines is 1. The molecule has 0 amide bonds. The van der Waals surface area contributed by atoms with Crippen LogP contribution >= 0.6 is 11.6 Å². The van der Waals surface area contributed by atoms with Gasteiger partial charge in [0.25, 0.3) is 5.56 Å². The molecule has 0 saturated carbocycles. The molecule has 0 atom stereocenters. The molecule has 1 heterocycles. The monoisotopic (exact) mass is 271 g/mol. The van der Waals surface area contributed by atoms with E-state index in [1.54, 1.807) is 6.20 Å². The Labute approximate surface area is 113 Å². The Balaban J connectivity index is 2.15. The average Bonchev–Trinajstić information content (AvgIpc) is 2.32. The summed E-state index contributed by atoms with van der Waals surface area (Å²) in [5, 5.41) is 9.32. The van der Waals surface area contributed by atoms with Crippen LogP contribution in [0.15, 0.2) is 11.0 Å². The van der Waals surface area contributed by atoms with E-state index in [2.05, 4.69) is 29.4 Å². The van der Waals surface area contributed by atoms with Crippen LogP contribution in [0.2, 0.25) is 5.02 Å². The summed E-state index contributed by atoms with van der Waals surface area (Å²) in [5.74, 6) is 0.795. The van der Waals surface area contributed by atoms with Gasteiger partial charge in [0, 0.05) is 6.54 Å². The highest BCUT2D eigenvalue weighted by Crippen LogP contribution is 2.15. The van der Waals surface area contributed by atoms with Crippen molar-refractivity contribution in [1.82, 2.24) is 10.2 Å². The van der Waals surface area contributed by atoms with Crippen molar-refractivity contribution in [2.24, 2.45) is 5.92 Å². The Morgan fingerprint density at radius 1 is 1.33 bits per heavy atom. The number of aromatic nitrogens is 2. The number of anilines is 1. The Kier molecular flexibility index (Phi) is 6.80. The summed E-state index contributed by atoms with van der Waals surface area (Å²) < 4.78 is 0. The van der Waals surface area contributed by atoms with Gasteiger partial charge in [0.15, 0.2) is 0 Å². The number of halogens is 1. The number of unbranched alkanes of at least 4 members (excludes halogenated alkanes) is 3. The molecule has 0 spiro atoms. The van der Waals surface area contributed by atoms with E-state index in [1.165, 1.54) is 25.7 Å². The molecule has 1 aromatic rings. The summed E-state index contributed by atoms with van der Waals surface area (Å²) in [6.45, 7) is 5.33. The van der Waals surface area contributed by atoms with E-state index in [0.29, 0.717) is 5.69 Å². The maximum Gasteiger partial charge on any atom is 0.285 e. The lowest BCUT2D eigenvalue weighted by atomic mass is 10.0. The first-order chi connectivity index (χ1) is 8.61. The van der Waals surface area contributed by atoms with Crippen LogP contribution in [0.25, 0.3) is 0 Å². The largest absolute Gasteiger partial charge is 0.382 e. The first kappa shape index (κ1) is 15.0. The third-order valence-electron chi connectivity index (χ3n) is 2.82. The molecule has 1 aromatic heterocycles. The van der Waals surface area contributed by atoms with Crippen LogP contribution in [0.3, 0.4) is 0 Å². The predicted molar refractivity (Wildman–Crippen MR) is 76.3 cm³/mol. The van der Waals surface area contributed by atoms with Crippen LogP contribution in [-0.4, -0.2) is 16.7 Å². The standard InChI is InChI=1S/C13H22ClN3O/c1-10(2)7-5-3-4-6-8-15-11-9-16-17-13(18)12(11)14/h9-10H,3-8H2,1-2H3,(H2,15,17,18). The van der Waals surface area contributed by atoms with Crippen LogP contribution in [0.4, 0.5) is 5.69 Å². The molecule has 0 aliphatic carbocycles. The van der Waals surface area contributed by atoms with Crippen molar-refractivity contribution in [3.8, 4) is 0 Å². The fourth-order valence-electron chi connectivity index (χ4n) is 1.76. The predicted octanol–water partition coefficient (Wildman–Crippen LogP) is 3.44. The second kappa shape index (κ2) is 8.14. The minimum atomic E-state index is -0.349. The van der Waals surface area contributed by atoms with Gasteiger partial charge in [-0.1, -0.05) is 51.1 Å². The van der Waals surface area contributed by atoms with Crippen LogP contribution in [0, 0.1) is 5.92 Å². The normalized spacial score (nSPS) is 10.9. The molecule has 0 bridgehead atoms. The van der Waals surface area contributed by atoms with Gasteiger partial charge in [-0.25, -0.2) is 5.10 Å². The summed E-state index contributed by atoms with van der Waals surface area (Å²) >= 11 is 5.84. The lowest BCUT2D eigenvalue weighted by molar-refractivity contribution is 0.523. The highest BCUT2D eigenvalue weighted by Gasteiger charge is 2.03. The SMILES string of the molecule is CC(C)CCCCCCNc1cn[nH]c(=O)c1Cl. The number of rotatable bonds is 8. The molecule has 0 radical (unpaired) electrons. The van der Waals surface area contributed by atoms with Gasteiger partial charge in [0.1, 0.15) is 5.02 Å². The Hall–Kier alpha value is -1.03. The molecule has 5 heteroatoms. The van der Waals surface area contributed by atoms with Crippen molar-refractivity contribution in [2.45, 2.75) is 46.0 Å². The first-order valence-electron chi connectivity index (χ1n) is 6.58. The summed E-state index contributed by atoms with van der Waals surface area (Å²) in [5.41, 5.74) is 0.265. The number of hydrogen-bond donors (Lipinski definition) is 2. The van der Waals surface area contributed by atoms with Gasteiger partial charge in [-0.15, -0.1) is 0 Å². The maximum absolute atomic E-state index is 11.2. The zero-order valence-electron chi connectivity index (χ0n) is 11.1. The number of nitrogens with zero attached hydrogens (tertiary/aromatic N) is 1. The number of nitrogens with one attached hydrogen (secondary N) is 2. The third kappa shape index (κ3) is 5.54. The summed E-state index contributed by atoms with van der Waals surface area (Å²) in [4.78, 5) is 11.2. The Bertz CT molecular complexity index is 403. The maximum atomic E-state index is 11.2. The van der Waals surface area contributed by atoms with Crippen molar-refractivity contribution >= 4 is 17.3 Å². The van der Waals surface area contributed by atoms with Gasteiger partial charge >= 0.3 is 0 Å². The van der Waals surface area contributed by atoms with Gasteiger partial charge in [-0.2, -0.15) is 5.10 Å². The van der Waals surface area contributed by atoms with E-state index in [-0.39, 0.29) is 10.6 Å². The molecular formula is C13H22ClN3O. The second-order valence-electron chi connectivity index (χ2n) is 4.95. The van der Waals surface area contributed by atoms with E-state index < -0.39 is 0 Å². The lowest BCUT2D eigenvalue weighted by Gasteiger charge is -2.07. The van der Waals surface area contributed by atoms with Gasteiger partial charge in [-0.3, -0.25) is 4.79 Å². The van der Waals surface area contributed by atoms with E-state index in [0.717, 1.165) is 18.9 Å². The second-order valence-corrected chi connectivity index (χ2v) is 5.33.